The summed E-state index contributed by atoms with van der Waals surface area (Å²) in [7, 11) is 1.56. The second kappa shape index (κ2) is 13.7. The number of hydrogen-bond acceptors (Lipinski definition) is 5. The maximum absolute atomic E-state index is 12.1. The molecule has 1 aliphatic rings. The highest BCUT2D eigenvalue weighted by molar-refractivity contribution is 5.92. The topological polar surface area (TPSA) is 96.7 Å². The van der Waals surface area contributed by atoms with Crippen LogP contribution in [0.15, 0.2) is 30.3 Å². The molecule has 9 heteroatoms. The molecule has 0 spiro atoms. The lowest BCUT2D eigenvalue weighted by Crippen LogP contribution is -2.47. The normalized spacial score (nSPS) is 15.8. The minimum atomic E-state index is -0.234. The van der Waals surface area contributed by atoms with E-state index >= 15 is 0 Å². The van der Waals surface area contributed by atoms with Crippen molar-refractivity contribution in [2.75, 3.05) is 38.6 Å². The summed E-state index contributed by atoms with van der Waals surface area (Å²) in [6, 6.07) is 9.58. The van der Waals surface area contributed by atoms with Crippen molar-refractivity contribution < 1.29 is 14.3 Å². The minimum Gasteiger partial charge on any atom is -0.380 e. The van der Waals surface area contributed by atoms with Crippen molar-refractivity contribution in [3.63, 3.8) is 0 Å². The number of ether oxygens (including phenoxy) is 1. The lowest BCUT2D eigenvalue weighted by molar-refractivity contribution is -0.124. The number of methoxy groups -OCH3 is 1. The molecule has 0 aliphatic carbocycles. The number of nitrogens with two attached hydrogens (primary N) is 1. The first kappa shape index (κ1) is 25.6. The van der Waals surface area contributed by atoms with Crippen molar-refractivity contribution in [3.8, 4) is 0 Å². The van der Waals surface area contributed by atoms with Gasteiger partial charge in [-0.05, 0) is 25.0 Å². The zero-order valence-electron chi connectivity index (χ0n) is 15.6. The molecule has 1 unspecified atom stereocenters. The summed E-state index contributed by atoms with van der Waals surface area (Å²) in [5.41, 5.74) is 6.34. The predicted molar refractivity (Wildman–Crippen MR) is 112 cm³/mol. The van der Waals surface area contributed by atoms with Crippen LogP contribution >= 0.6 is 24.8 Å². The van der Waals surface area contributed by atoms with Gasteiger partial charge in [-0.3, -0.25) is 14.5 Å². The number of nitrogens with zero attached hydrogens (tertiary/aromatic N) is 1. The van der Waals surface area contributed by atoms with Crippen LogP contribution in [0.2, 0.25) is 0 Å². The minimum absolute atomic E-state index is 0. The smallest absolute Gasteiger partial charge is 0.238 e. The second-order valence-corrected chi connectivity index (χ2v) is 6.33. The molecule has 4 N–H and O–H groups in total. The first-order valence-corrected chi connectivity index (χ1v) is 8.70. The van der Waals surface area contributed by atoms with Crippen molar-refractivity contribution in [1.29, 1.82) is 0 Å². The fraction of sp³-hybridized carbons (Fsp3) is 0.556. The molecule has 1 heterocycles. The van der Waals surface area contributed by atoms with E-state index < -0.39 is 0 Å². The fourth-order valence-electron chi connectivity index (χ4n) is 2.92. The molecule has 7 nitrogen and oxygen atoms in total. The van der Waals surface area contributed by atoms with Crippen LogP contribution < -0.4 is 16.4 Å². The summed E-state index contributed by atoms with van der Waals surface area (Å²) in [6.07, 6.45) is 1.73. The Labute approximate surface area is 173 Å². The van der Waals surface area contributed by atoms with Crippen LogP contribution in [0, 0.1) is 0 Å². The van der Waals surface area contributed by atoms with Gasteiger partial charge >= 0.3 is 0 Å². The Morgan fingerprint density at radius 1 is 1.19 bits per heavy atom. The van der Waals surface area contributed by atoms with Crippen LogP contribution in [0.4, 0.5) is 5.69 Å². The Bertz CT molecular complexity index is 551. The molecule has 1 atom stereocenters. The number of hydrogen-bond donors (Lipinski definition) is 3. The average Bonchev–Trinajstić information content (AvgIpc) is 2.62. The third-order valence-corrected chi connectivity index (χ3v) is 4.39. The van der Waals surface area contributed by atoms with Crippen LogP contribution in [0.3, 0.4) is 0 Å². The van der Waals surface area contributed by atoms with Crippen LogP contribution in [-0.2, 0) is 14.3 Å². The van der Waals surface area contributed by atoms with Crippen molar-refractivity contribution >= 4 is 42.3 Å². The molecule has 0 radical (unpaired) electrons. The largest absolute Gasteiger partial charge is 0.380 e. The van der Waals surface area contributed by atoms with E-state index in [1.165, 1.54) is 0 Å². The number of anilines is 1. The van der Waals surface area contributed by atoms with Crippen LogP contribution in [0.5, 0.6) is 0 Å². The lowest BCUT2D eigenvalue weighted by atomic mass is 10.0. The number of halogens is 2. The Morgan fingerprint density at radius 2 is 1.81 bits per heavy atom. The standard InChI is InChI=1S/C18H28N4O3.2ClH/c1-25-16(12-19)11-17(23)20-15-7-9-22(10-8-15)13-18(24)21-14-5-3-2-4-6-14;;/h2-6,15-16H,7-13,19H2,1H3,(H,20,23)(H,21,24);2*1H. The van der Waals surface area contributed by atoms with Gasteiger partial charge in [0, 0.05) is 38.5 Å². The van der Waals surface area contributed by atoms with E-state index in [9.17, 15) is 9.59 Å². The Kier molecular flexibility index (Phi) is 13.0. The molecule has 27 heavy (non-hydrogen) atoms. The third-order valence-electron chi connectivity index (χ3n) is 4.39. The summed E-state index contributed by atoms with van der Waals surface area (Å²) in [5, 5.41) is 5.92. The Morgan fingerprint density at radius 3 is 2.37 bits per heavy atom. The summed E-state index contributed by atoms with van der Waals surface area (Å²) < 4.78 is 5.13. The van der Waals surface area contributed by atoms with E-state index in [-0.39, 0.29) is 55.2 Å². The number of para-hydroxylation sites is 1. The van der Waals surface area contributed by atoms with E-state index in [4.69, 9.17) is 10.5 Å². The van der Waals surface area contributed by atoms with Crippen LogP contribution in [0.25, 0.3) is 0 Å². The van der Waals surface area contributed by atoms with Gasteiger partial charge in [-0.25, -0.2) is 0 Å². The zero-order chi connectivity index (χ0) is 18.1. The van der Waals surface area contributed by atoms with Gasteiger partial charge in [0.05, 0.1) is 19.1 Å². The SMILES string of the molecule is COC(CN)CC(=O)NC1CCN(CC(=O)Nc2ccccc2)CC1.Cl.Cl. The van der Waals surface area contributed by atoms with Gasteiger partial charge in [-0.2, -0.15) is 0 Å². The van der Waals surface area contributed by atoms with E-state index in [1.54, 1.807) is 7.11 Å². The molecule has 0 saturated carbocycles. The first-order valence-electron chi connectivity index (χ1n) is 8.70. The average molecular weight is 421 g/mol. The molecule has 2 rings (SSSR count). The number of benzene rings is 1. The molecule has 1 aromatic rings. The summed E-state index contributed by atoms with van der Waals surface area (Å²) in [4.78, 5) is 26.2. The van der Waals surface area contributed by atoms with Crippen LogP contribution in [-0.4, -0.2) is 62.1 Å². The third kappa shape index (κ3) is 9.39. The van der Waals surface area contributed by atoms with E-state index in [0.29, 0.717) is 13.1 Å². The molecule has 0 bridgehead atoms. The number of carbonyl (C=O) groups is 2. The van der Waals surface area contributed by atoms with Gasteiger partial charge in [0.2, 0.25) is 11.8 Å². The monoisotopic (exact) mass is 420 g/mol. The number of piperidine rings is 1. The zero-order valence-corrected chi connectivity index (χ0v) is 17.2. The molecule has 1 fully saturated rings. The highest BCUT2D eigenvalue weighted by Gasteiger charge is 2.23. The summed E-state index contributed by atoms with van der Waals surface area (Å²) in [5.74, 6) is -0.0443. The predicted octanol–water partition coefficient (Wildman–Crippen LogP) is 1.41. The highest BCUT2D eigenvalue weighted by atomic mass is 35.5. The van der Waals surface area contributed by atoms with Crippen molar-refractivity contribution in [2.24, 2.45) is 5.73 Å². The first-order chi connectivity index (χ1) is 12.1. The summed E-state index contributed by atoms with van der Waals surface area (Å²) >= 11 is 0. The van der Waals surface area contributed by atoms with Crippen LogP contribution in [0.1, 0.15) is 19.3 Å². The maximum Gasteiger partial charge on any atom is 0.238 e. The van der Waals surface area contributed by atoms with Crippen molar-refractivity contribution in [1.82, 2.24) is 10.2 Å². The van der Waals surface area contributed by atoms with Gasteiger partial charge in [0.15, 0.2) is 0 Å². The highest BCUT2D eigenvalue weighted by Crippen LogP contribution is 2.11. The maximum atomic E-state index is 12.1. The number of nitrogens with one attached hydrogen (secondary N) is 2. The van der Waals surface area contributed by atoms with E-state index in [2.05, 4.69) is 15.5 Å². The Hall–Kier alpha value is -1.38. The fourth-order valence-corrected chi connectivity index (χ4v) is 2.92. The molecule has 2 amide bonds. The lowest BCUT2D eigenvalue weighted by Gasteiger charge is -2.32. The van der Waals surface area contributed by atoms with E-state index in [0.717, 1.165) is 31.6 Å². The number of likely N-dealkylation sites (tertiary alicyclic amines) is 1. The second-order valence-electron chi connectivity index (χ2n) is 6.33. The molecule has 1 aromatic carbocycles. The number of rotatable bonds is 8. The van der Waals surface area contributed by atoms with Gasteiger partial charge in [-0.15, -0.1) is 24.8 Å². The molecule has 154 valence electrons. The Balaban J connectivity index is 0.00000338. The van der Waals surface area contributed by atoms with Crippen molar-refractivity contribution in [2.45, 2.75) is 31.4 Å². The van der Waals surface area contributed by atoms with E-state index in [1.807, 2.05) is 30.3 Å². The van der Waals surface area contributed by atoms with Crippen molar-refractivity contribution in [3.05, 3.63) is 30.3 Å². The quantitative estimate of drug-likeness (QED) is 0.590. The summed E-state index contributed by atoms with van der Waals surface area (Å²) in [6.45, 7) is 2.28. The van der Waals surface area contributed by atoms with Gasteiger partial charge in [0.1, 0.15) is 0 Å². The molecular weight excluding hydrogens is 391 g/mol. The molecule has 1 saturated heterocycles. The van der Waals surface area contributed by atoms with Gasteiger partial charge in [0.25, 0.3) is 0 Å². The number of carbonyl (C=O) groups excluding carboxylic acids is 2. The number of amides is 2. The van der Waals surface area contributed by atoms with Gasteiger partial charge < -0.3 is 21.1 Å². The molecule has 0 aromatic heterocycles. The molecular formula is C18H30Cl2N4O3. The van der Waals surface area contributed by atoms with Gasteiger partial charge in [-0.1, -0.05) is 18.2 Å². The molecule has 1 aliphatic heterocycles.